The molecule has 0 spiro atoms. The molecule has 2 aliphatic rings. The van der Waals surface area contributed by atoms with Crippen molar-refractivity contribution in [2.24, 2.45) is 0 Å². The highest BCUT2D eigenvalue weighted by atomic mass is 28.3. The van der Waals surface area contributed by atoms with Crippen molar-refractivity contribution in [1.82, 2.24) is 34.6 Å². The van der Waals surface area contributed by atoms with Gasteiger partial charge in [0.1, 0.15) is 24.9 Å². The topological polar surface area (TPSA) is 150 Å². The molecule has 2 N–H and O–H groups in total. The summed E-state index contributed by atoms with van der Waals surface area (Å²) in [5, 5.41) is 5.80. The van der Waals surface area contributed by atoms with Gasteiger partial charge < -0.3 is 34.1 Å². The van der Waals surface area contributed by atoms with Crippen LogP contribution in [0.3, 0.4) is 0 Å². The number of amides is 3. The summed E-state index contributed by atoms with van der Waals surface area (Å²) in [4.78, 5) is 65.9. The summed E-state index contributed by atoms with van der Waals surface area (Å²) < 4.78 is 15.6. The number of rotatable bonds is 16. The average molecular weight is 742 g/mol. The van der Waals surface area contributed by atoms with Crippen molar-refractivity contribution in [2.75, 3.05) is 13.2 Å². The lowest BCUT2D eigenvalue weighted by atomic mass is 10.1. The zero-order valence-corrected chi connectivity index (χ0v) is 32.6. The first-order chi connectivity index (χ1) is 25.3. The number of carbonyl (C=O) groups excluding carboxylic acids is 3. The molecule has 1 atom stereocenters. The predicted molar refractivity (Wildman–Crippen MR) is 205 cm³/mol. The Kier molecular flexibility index (Phi) is 11.5. The number of benzene rings is 1. The van der Waals surface area contributed by atoms with E-state index in [1.54, 1.807) is 26.4 Å². The Morgan fingerprint density at radius 3 is 2.51 bits per heavy atom. The molecule has 53 heavy (non-hydrogen) atoms. The van der Waals surface area contributed by atoms with Crippen LogP contribution in [0, 0.1) is 0 Å². The molecule has 1 saturated carbocycles. The highest BCUT2D eigenvalue weighted by molar-refractivity contribution is 6.76. The van der Waals surface area contributed by atoms with E-state index in [2.05, 4.69) is 35.3 Å². The molecule has 0 bridgehead atoms. The molecule has 14 heteroatoms. The Morgan fingerprint density at radius 2 is 1.83 bits per heavy atom. The van der Waals surface area contributed by atoms with Gasteiger partial charge in [-0.1, -0.05) is 56.9 Å². The number of nitrogens with one attached hydrogen (secondary N) is 2. The zero-order valence-electron chi connectivity index (χ0n) is 31.6. The number of fused-ring (bicyclic) bond motifs is 2. The lowest BCUT2D eigenvalue weighted by Gasteiger charge is -2.35. The van der Waals surface area contributed by atoms with Gasteiger partial charge in [-0.05, 0) is 44.7 Å². The van der Waals surface area contributed by atoms with Gasteiger partial charge in [-0.25, -0.2) is 9.97 Å². The van der Waals surface area contributed by atoms with Crippen LogP contribution in [-0.4, -0.2) is 75.0 Å². The van der Waals surface area contributed by atoms with Crippen LogP contribution in [0.5, 0.6) is 5.75 Å². The SMILES string of the molecule is CCC(NC(=O)c1cn(COCC[Si](C)(C)C)c2ncc(C3CC3)nc12)C(=O)NCc1cc(=O)c(OCc2ccccc2)c2n1CCN(C(C)C)C2=O. The fraction of sp³-hybridized carbons (Fsp3) is 0.487. The summed E-state index contributed by atoms with van der Waals surface area (Å²) in [7, 11) is -1.28. The number of aromatic nitrogens is 4. The normalized spacial score (nSPS) is 15.1. The highest BCUT2D eigenvalue weighted by Gasteiger charge is 2.33. The fourth-order valence-corrected chi connectivity index (χ4v) is 7.19. The van der Waals surface area contributed by atoms with Crippen LogP contribution in [0.15, 0.2) is 53.6 Å². The first-order valence-electron chi connectivity index (χ1n) is 18.6. The molecule has 0 radical (unpaired) electrons. The number of pyridine rings is 1. The molecular weight excluding hydrogens is 691 g/mol. The number of hydrogen-bond donors (Lipinski definition) is 2. The number of nitrogens with zero attached hydrogens (tertiary/aromatic N) is 5. The second-order valence-corrected chi connectivity index (χ2v) is 21.1. The Bertz CT molecular complexity index is 2030. The van der Waals surface area contributed by atoms with E-state index in [9.17, 15) is 19.2 Å². The standard InChI is InChI=1S/C39H51N7O6Si/c1-7-30(43-37(48)29-22-44(24-51-17-18-53(4,5)6)36-33(29)42-31(21-40-36)27-13-14-27)38(49)41-20-28-19-32(47)35(52-23-26-11-9-8-10-12-26)34-39(50)45(25(2)3)15-16-46(28)34/h8-12,19,21-22,25,27,30H,7,13-18,20,23-24H2,1-6H3,(H,41,49)(H,43,48). The summed E-state index contributed by atoms with van der Waals surface area (Å²) in [5.41, 5.74) is 3.30. The first kappa shape index (κ1) is 37.9. The average Bonchev–Trinajstić information content (AvgIpc) is 3.92. The van der Waals surface area contributed by atoms with Crippen molar-refractivity contribution in [3.8, 4) is 5.75 Å². The molecule has 1 aliphatic carbocycles. The molecule has 1 aromatic carbocycles. The first-order valence-corrected chi connectivity index (χ1v) is 22.3. The molecule has 0 saturated heterocycles. The maximum absolute atomic E-state index is 13.8. The van der Waals surface area contributed by atoms with Gasteiger partial charge in [0.25, 0.3) is 11.8 Å². The van der Waals surface area contributed by atoms with Gasteiger partial charge in [0.15, 0.2) is 17.1 Å². The summed E-state index contributed by atoms with van der Waals surface area (Å²) in [6, 6.07) is 10.9. The minimum Gasteiger partial charge on any atom is -0.483 e. The van der Waals surface area contributed by atoms with Crippen LogP contribution >= 0.6 is 0 Å². The summed E-state index contributed by atoms with van der Waals surface area (Å²) in [6.45, 7) is 14.4. The van der Waals surface area contributed by atoms with Gasteiger partial charge in [-0.2, -0.15) is 0 Å². The van der Waals surface area contributed by atoms with E-state index in [4.69, 9.17) is 14.5 Å². The third kappa shape index (κ3) is 8.87. The van der Waals surface area contributed by atoms with Crippen molar-refractivity contribution in [3.05, 3.63) is 87.2 Å². The maximum Gasteiger partial charge on any atom is 0.274 e. The predicted octanol–water partition coefficient (Wildman–Crippen LogP) is 5.05. The van der Waals surface area contributed by atoms with Crippen molar-refractivity contribution in [2.45, 2.75) is 110 Å². The van der Waals surface area contributed by atoms with Crippen molar-refractivity contribution in [3.63, 3.8) is 0 Å². The molecule has 3 amide bonds. The largest absolute Gasteiger partial charge is 0.483 e. The van der Waals surface area contributed by atoms with Crippen LogP contribution in [0.25, 0.3) is 11.2 Å². The van der Waals surface area contributed by atoms with Crippen molar-refractivity contribution < 1.29 is 23.9 Å². The van der Waals surface area contributed by atoms with E-state index >= 15 is 0 Å². The van der Waals surface area contributed by atoms with Crippen molar-refractivity contribution in [1.29, 1.82) is 0 Å². The maximum atomic E-state index is 13.8. The third-order valence-electron chi connectivity index (χ3n) is 9.76. The van der Waals surface area contributed by atoms with E-state index in [1.165, 1.54) is 6.07 Å². The molecule has 3 aromatic heterocycles. The molecule has 4 heterocycles. The second kappa shape index (κ2) is 16.0. The van der Waals surface area contributed by atoms with Gasteiger partial charge in [0.2, 0.25) is 11.3 Å². The lowest BCUT2D eigenvalue weighted by molar-refractivity contribution is -0.123. The van der Waals surface area contributed by atoms with Crippen LogP contribution in [0.1, 0.15) is 83.7 Å². The van der Waals surface area contributed by atoms with E-state index in [1.807, 2.05) is 51.1 Å². The Morgan fingerprint density at radius 1 is 1.08 bits per heavy atom. The smallest absolute Gasteiger partial charge is 0.274 e. The fourth-order valence-electron chi connectivity index (χ4n) is 6.44. The zero-order chi connectivity index (χ0) is 37.9. The summed E-state index contributed by atoms with van der Waals surface area (Å²) in [6.07, 6.45) is 5.89. The molecule has 1 aliphatic heterocycles. The van der Waals surface area contributed by atoms with E-state index < -0.39 is 31.4 Å². The Balaban J connectivity index is 1.19. The number of hydrogen-bond acceptors (Lipinski definition) is 8. The number of carbonyl (C=O) groups is 3. The van der Waals surface area contributed by atoms with Gasteiger partial charge in [0, 0.05) is 57.7 Å². The third-order valence-corrected chi connectivity index (χ3v) is 11.5. The molecule has 282 valence electrons. The molecule has 4 aromatic rings. The summed E-state index contributed by atoms with van der Waals surface area (Å²) in [5.74, 6) is -0.813. The van der Waals surface area contributed by atoms with Gasteiger partial charge in [-0.15, -0.1) is 0 Å². The Labute approximate surface area is 311 Å². The molecule has 6 rings (SSSR count). The molecule has 13 nitrogen and oxygen atoms in total. The number of ether oxygens (including phenoxy) is 2. The van der Waals surface area contributed by atoms with Crippen LogP contribution in [-0.2, 0) is 36.0 Å². The quantitative estimate of drug-likeness (QED) is 0.120. The van der Waals surface area contributed by atoms with E-state index in [0.717, 1.165) is 30.1 Å². The van der Waals surface area contributed by atoms with Crippen LogP contribution in [0.4, 0.5) is 0 Å². The van der Waals surface area contributed by atoms with Gasteiger partial charge >= 0.3 is 0 Å². The van der Waals surface area contributed by atoms with Crippen LogP contribution < -0.4 is 20.8 Å². The summed E-state index contributed by atoms with van der Waals surface area (Å²) >= 11 is 0. The highest BCUT2D eigenvalue weighted by Crippen LogP contribution is 2.39. The van der Waals surface area contributed by atoms with Crippen molar-refractivity contribution >= 4 is 37.0 Å². The van der Waals surface area contributed by atoms with Gasteiger partial charge in [0.05, 0.1) is 24.0 Å². The second-order valence-electron chi connectivity index (χ2n) is 15.4. The minimum atomic E-state index is -1.28. The monoisotopic (exact) mass is 741 g/mol. The lowest BCUT2D eigenvalue weighted by Crippen LogP contribution is -2.48. The minimum absolute atomic E-state index is 0.00784. The van der Waals surface area contributed by atoms with E-state index in [0.29, 0.717) is 54.5 Å². The molecule has 1 unspecified atom stereocenters. The molecule has 1 fully saturated rings. The Hall–Kier alpha value is -4.82. The van der Waals surface area contributed by atoms with Gasteiger partial charge in [-0.3, -0.25) is 19.2 Å². The molecular formula is C39H51N7O6Si. The van der Waals surface area contributed by atoms with Crippen LogP contribution in [0.2, 0.25) is 25.7 Å². The van der Waals surface area contributed by atoms with E-state index in [-0.39, 0.29) is 43.3 Å².